The van der Waals surface area contributed by atoms with Gasteiger partial charge in [-0.25, -0.2) is 0 Å². The number of nitrogens with one attached hydrogen (secondary N) is 1. The van der Waals surface area contributed by atoms with Gasteiger partial charge in [0.15, 0.2) is 0 Å². The maximum Gasteiger partial charge on any atom is 0.221 e. The van der Waals surface area contributed by atoms with E-state index in [2.05, 4.69) is 11.2 Å². The van der Waals surface area contributed by atoms with E-state index in [1.54, 1.807) is 6.92 Å². The van der Waals surface area contributed by atoms with Crippen LogP contribution in [-0.4, -0.2) is 23.7 Å². The summed E-state index contributed by atoms with van der Waals surface area (Å²) in [5.41, 5.74) is 0. The molecule has 1 amide bonds. The highest BCUT2D eigenvalue weighted by atomic mass is 16.3. The van der Waals surface area contributed by atoms with Gasteiger partial charge in [-0.2, -0.15) is 0 Å². The summed E-state index contributed by atoms with van der Waals surface area (Å²) in [5.74, 6) is 2.26. The molecule has 0 aromatic heterocycles. The van der Waals surface area contributed by atoms with Crippen LogP contribution in [-0.2, 0) is 4.79 Å². The zero-order valence-electron chi connectivity index (χ0n) is 6.63. The highest BCUT2D eigenvalue weighted by molar-refractivity contribution is 5.76. The first-order chi connectivity index (χ1) is 5.20. The van der Waals surface area contributed by atoms with Crippen molar-refractivity contribution < 1.29 is 9.90 Å². The molecule has 0 aliphatic heterocycles. The van der Waals surface area contributed by atoms with Gasteiger partial charge in [-0.1, -0.05) is 0 Å². The van der Waals surface area contributed by atoms with Gasteiger partial charge in [0.2, 0.25) is 5.91 Å². The predicted molar refractivity (Wildman–Crippen MR) is 42.8 cm³/mol. The zero-order chi connectivity index (χ0) is 8.69. The highest BCUT2D eigenvalue weighted by Gasteiger charge is 2.03. The summed E-state index contributed by atoms with van der Waals surface area (Å²) in [4.78, 5) is 10.9. The third-order valence-electron chi connectivity index (χ3n) is 1.18. The van der Waals surface area contributed by atoms with E-state index in [1.807, 2.05) is 0 Å². The molecule has 0 fully saturated rings. The second kappa shape index (κ2) is 5.75. The van der Waals surface area contributed by atoms with E-state index < -0.39 is 0 Å². The molecule has 0 bridgehead atoms. The number of terminal acetylenes is 1. The molecular formula is C8H13NO2. The molecule has 0 saturated carbocycles. The Kier molecular flexibility index (Phi) is 5.22. The van der Waals surface area contributed by atoms with Gasteiger partial charge in [0.05, 0.1) is 6.61 Å². The van der Waals surface area contributed by atoms with Crippen molar-refractivity contribution in [3.63, 3.8) is 0 Å². The monoisotopic (exact) mass is 155 g/mol. The third kappa shape index (κ3) is 5.43. The molecule has 0 spiro atoms. The Labute approximate surface area is 66.8 Å². The van der Waals surface area contributed by atoms with Crippen molar-refractivity contribution in [1.29, 1.82) is 0 Å². The van der Waals surface area contributed by atoms with Crippen molar-refractivity contribution >= 4 is 5.91 Å². The normalized spacial score (nSPS) is 11.7. The Morgan fingerprint density at radius 1 is 1.82 bits per heavy atom. The molecule has 62 valence electrons. The van der Waals surface area contributed by atoms with E-state index in [0.717, 1.165) is 0 Å². The predicted octanol–water partition coefficient (Wildman–Crippen LogP) is -0.103. The molecule has 1 atom stereocenters. The number of amides is 1. The van der Waals surface area contributed by atoms with Crippen molar-refractivity contribution in [3.8, 4) is 12.3 Å². The zero-order valence-corrected chi connectivity index (χ0v) is 6.63. The molecule has 0 heterocycles. The maximum absolute atomic E-state index is 10.9. The minimum Gasteiger partial charge on any atom is -0.394 e. The van der Waals surface area contributed by atoms with Gasteiger partial charge in [-0.05, 0) is 6.92 Å². The molecule has 0 unspecified atom stereocenters. The Balaban J connectivity index is 3.45. The molecule has 0 aromatic rings. The van der Waals surface area contributed by atoms with Gasteiger partial charge < -0.3 is 10.4 Å². The molecule has 2 N–H and O–H groups in total. The SMILES string of the molecule is C#CCCC(=O)N[C@@H](C)CO. The van der Waals surface area contributed by atoms with Crippen LogP contribution in [0.25, 0.3) is 0 Å². The molecule has 0 rings (SSSR count). The van der Waals surface area contributed by atoms with Crippen LogP contribution in [0, 0.1) is 12.3 Å². The van der Waals surface area contributed by atoms with E-state index in [9.17, 15) is 4.79 Å². The fourth-order valence-corrected chi connectivity index (χ4v) is 0.578. The average molecular weight is 155 g/mol. The van der Waals surface area contributed by atoms with Gasteiger partial charge in [-0.15, -0.1) is 12.3 Å². The van der Waals surface area contributed by atoms with Gasteiger partial charge in [0.25, 0.3) is 0 Å². The lowest BCUT2D eigenvalue weighted by Gasteiger charge is -2.08. The number of rotatable bonds is 4. The average Bonchev–Trinajstić information content (AvgIpc) is 2.00. The summed E-state index contributed by atoms with van der Waals surface area (Å²) in [6.07, 6.45) is 5.74. The summed E-state index contributed by atoms with van der Waals surface area (Å²) in [7, 11) is 0. The smallest absolute Gasteiger partial charge is 0.221 e. The Bertz CT molecular complexity index is 160. The van der Waals surface area contributed by atoms with E-state index in [-0.39, 0.29) is 18.6 Å². The number of hydrogen-bond acceptors (Lipinski definition) is 2. The minimum absolute atomic E-state index is 0.0399. The fourth-order valence-electron chi connectivity index (χ4n) is 0.578. The first-order valence-corrected chi connectivity index (χ1v) is 3.54. The number of aliphatic hydroxyl groups excluding tert-OH is 1. The van der Waals surface area contributed by atoms with E-state index >= 15 is 0 Å². The Morgan fingerprint density at radius 3 is 2.91 bits per heavy atom. The van der Waals surface area contributed by atoms with Crippen molar-refractivity contribution in [2.75, 3.05) is 6.61 Å². The first-order valence-electron chi connectivity index (χ1n) is 3.54. The summed E-state index contributed by atoms with van der Waals surface area (Å²) >= 11 is 0. The van der Waals surface area contributed by atoms with Crippen molar-refractivity contribution in [1.82, 2.24) is 5.32 Å². The number of aliphatic hydroxyl groups is 1. The molecule has 0 saturated heterocycles. The molecule has 0 aromatic carbocycles. The molecule has 0 aliphatic carbocycles. The number of carbonyl (C=O) groups excluding carboxylic acids is 1. The molecular weight excluding hydrogens is 142 g/mol. The lowest BCUT2D eigenvalue weighted by Crippen LogP contribution is -2.34. The van der Waals surface area contributed by atoms with E-state index in [4.69, 9.17) is 11.5 Å². The fraction of sp³-hybridized carbons (Fsp3) is 0.625. The standard InChI is InChI=1S/C8H13NO2/c1-3-4-5-8(11)9-7(2)6-10/h1,7,10H,4-6H2,2H3,(H,9,11)/t7-/m0/s1. The van der Waals surface area contributed by atoms with Crippen LogP contribution in [0.3, 0.4) is 0 Å². The molecule has 0 aliphatic rings. The van der Waals surface area contributed by atoms with E-state index in [0.29, 0.717) is 12.8 Å². The largest absolute Gasteiger partial charge is 0.394 e. The maximum atomic E-state index is 10.9. The Morgan fingerprint density at radius 2 is 2.45 bits per heavy atom. The summed E-state index contributed by atoms with van der Waals surface area (Å²) < 4.78 is 0. The van der Waals surface area contributed by atoms with Crippen molar-refractivity contribution in [2.45, 2.75) is 25.8 Å². The molecule has 3 nitrogen and oxygen atoms in total. The van der Waals surface area contributed by atoms with Crippen molar-refractivity contribution in [3.05, 3.63) is 0 Å². The van der Waals surface area contributed by atoms with Gasteiger partial charge in [0, 0.05) is 18.9 Å². The van der Waals surface area contributed by atoms with Gasteiger partial charge in [0.1, 0.15) is 0 Å². The third-order valence-corrected chi connectivity index (χ3v) is 1.18. The van der Waals surface area contributed by atoms with Crippen LogP contribution in [0.1, 0.15) is 19.8 Å². The summed E-state index contributed by atoms with van der Waals surface area (Å²) in [5, 5.41) is 11.1. The Hall–Kier alpha value is -1.01. The minimum atomic E-state index is -0.180. The van der Waals surface area contributed by atoms with Gasteiger partial charge >= 0.3 is 0 Å². The van der Waals surface area contributed by atoms with Crippen LogP contribution in [0.5, 0.6) is 0 Å². The van der Waals surface area contributed by atoms with Crippen LogP contribution >= 0.6 is 0 Å². The van der Waals surface area contributed by atoms with Crippen LogP contribution < -0.4 is 5.32 Å². The quantitative estimate of drug-likeness (QED) is 0.557. The topological polar surface area (TPSA) is 49.3 Å². The second-order valence-electron chi connectivity index (χ2n) is 2.36. The first kappa shape index (κ1) is 9.99. The molecule has 0 radical (unpaired) electrons. The number of carbonyl (C=O) groups is 1. The lowest BCUT2D eigenvalue weighted by molar-refractivity contribution is -0.121. The molecule has 3 heteroatoms. The number of hydrogen-bond donors (Lipinski definition) is 2. The lowest BCUT2D eigenvalue weighted by atomic mass is 10.3. The summed E-state index contributed by atoms with van der Waals surface area (Å²) in [6, 6.07) is -0.180. The van der Waals surface area contributed by atoms with Crippen LogP contribution in [0.4, 0.5) is 0 Å². The second-order valence-corrected chi connectivity index (χ2v) is 2.36. The summed E-state index contributed by atoms with van der Waals surface area (Å²) in [6.45, 7) is 1.69. The van der Waals surface area contributed by atoms with E-state index in [1.165, 1.54) is 0 Å². The van der Waals surface area contributed by atoms with Crippen LogP contribution in [0.15, 0.2) is 0 Å². The highest BCUT2D eigenvalue weighted by Crippen LogP contribution is 1.87. The molecule has 11 heavy (non-hydrogen) atoms. The van der Waals surface area contributed by atoms with Crippen LogP contribution in [0.2, 0.25) is 0 Å². The van der Waals surface area contributed by atoms with Crippen molar-refractivity contribution in [2.24, 2.45) is 0 Å². The van der Waals surface area contributed by atoms with Gasteiger partial charge in [-0.3, -0.25) is 4.79 Å².